The van der Waals surface area contributed by atoms with Crippen LogP contribution < -0.4 is 0 Å². The number of amides is 1. The number of aromatic carboxylic acids is 1. The molecule has 0 radical (unpaired) electrons. The molecule has 1 aliphatic rings. The third-order valence-corrected chi connectivity index (χ3v) is 3.85. The minimum atomic E-state index is -1.16. The molecule has 1 atom stereocenters. The highest BCUT2D eigenvalue weighted by atomic mass is 32.2. The zero-order valence-corrected chi connectivity index (χ0v) is 10.2. The molecule has 0 bridgehead atoms. The highest BCUT2D eigenvalue weighted by molar-refractivity contribution is 7.99. The van der Waals surface area contributed by atoms with Crippen LogP contribution in [0.3, 0.4) is 0 Å². The van der Waals surface area contributed by atoms with Gasteiger partial charge >= 0.3 is 5.97 Å². The van der Waals surface area contributed by atoms with Gasteiger partial charge in [0.25, 0.3) is 5.91 Å². The van der Waals surface area contributed by atoms with E-state index in [1.54, 1.807) is 4.90 Å². The number of carbonyl (C=O) groups is 2. The van der Waals surface area contributed by atoms with Gasteiger partial charge in [0, 0.05) is 24.1 Å². The molecule has 5 nitrogen and oxygen atoms in total. The van der Waals surface area contributed by atoms with E-state index in [1.165, 1.54) is 12.1 Å². The lowest BCUT2D eigenvalue weighted by Crippen LogP contribution is -2.44. The van der Waals surface area contributed by atoms with Gasteiger partial charge in [0.1, 0.15) is 0 Å². The first-order chi connectivity index (χ1) is 8.09. The fraction of sp³-hybridized carbons (Fsp3) is 0.455. The monoisotopic (exact) mass is 255 g/mol. The van der Waals surface area contributed by atoms with Crippen molar-refractivity contribution in [3.63, 3.8) is 0 Å². The molecule has 2 heterocycles. The van der Waals surface area contributed by atoms with Crippen molar-refractivity contribution in [3.8, 4) is 0 Å². The van der Waals surface area contributed by atoms with Crippen LogP contribution in [-0.2, 0) is 0 Å². The number of carboxylic acids is 1. The zero-order valence-electron chi connectivity index (χ0n) is 9.38. The smallest absolute Gasteiger partial charge is 0.371 e. The van der Waals surface area contributed by atoms with Gasteiger partial charge in [-0.15, -0.1) is 0 Å². The molecule has 1 aromatic rings. The van der Waals surface area contributed by atoms with Crippen molar-refractivity contribution < 1.29 is 19.1 Å². The molecule has 1 saturated heterocycles. The molecule has 0 spiro atoms. The fourth-order valence-electron chi connectivity index (χ4n) is 1.74. The van der Waals surface area contributed by atoms with Crippen molar-refractivity contribution in [1.29, 1.82) is 0 Å². The minimum Gasteiger partial charge on any atom is -0.475 e. The summed E-state index contributed by atoms with van der Waals surface area (Å²) < 4.78 is 5.01. The molecule has 1 unspecified atom stereocenters. The summed E-state index contributed by atoms with van der Waals surface area (Å²) in [4.78, 5) is 24.5. The predicted octanol–water partition coefficient (Wildman–Crippen LogP) is 1.56. The Morgan fingerprint density at radius 2 is 2.18 bits per heavy atom. The molecule has 0 aromatic carbocycles. The summed E-state index contributed by atoms with van der Waals surface area (Å²) >= 11 is 1.81. The molecule has 1 aliphatic heterocycles. The maximum absolute atomic E-state index is 12.1. The normalized spacial score (nSPS) is 20.3. The number of carbonyl (C=O) groups excluding carboxylic acids is 1. The van der Waals surface area contributed by atoms with Crippen LogP contribution in [0.5, 0.6) is 0 Å². The lowest BCUT2D eigenvalue weighted by molar-refractivity contribution is 0.0640. The summed E-state index contributed by atoms with van der Waals surface area (Å²) in [5.74, 6) is 0.311. The predicted molar refractivity (Wildman–Crippen MR) is 63.5 cm³/mol. The number of carboxylic acid groups (broad SMARTS) is 1. The van der Waals surface area contributed by atoms with Gasteiger partial charge in [-0.1, -0.05) is 0 Å². The second kappa shape index (κ2) is 4.83. The van der Waals surface area contributed by atoms with E-state index in [-0.39, 0.29) is 23.5 Å². The molecule has 1 aromatic heterocycles. The fourth-order valence-corrected chi connectivity index (χ4v) is 2.75. The van der Waals surface area contributed by atoms with Crippen LogP contribution in [0.25, 0.3) is 0 Å². The molecule has 1 fully saturated rings. The van der Waals surface area contributed by atoms with Gasteiger partial charge < -0.3 is 14.4 Å². The van der Waals surface area contributed by atoms with Crippen molar-refractivity contribution in [2.45, 2.75) is 13.0 Å². The van der Waals surface area contributed by atoms with E-state index in [1.807, 2.05) is 18.7 Å². The second-order valence-corrected chi connectivity index (χ2v) is 5.04. The van der Waals surface area contributed by atoms with E-state index in [9.17, 15) is 9.59 Å². The van der Waals surface area contributed by atoms with Crippen molar-refractivity contribution >= 4 is 23.6 Å². The van der Waals surface area contributed by atoms with Gasteiger partial charge in [-0.2, -0.15) is 11.8 Å². The maximum atomic E-state index is 12.1. The third kappa shape index (κ3) is 2.46. The van der Waals surface area contributed by atoms with Gasteiger partial charge in [-0.25, -0.2) is 4.79 Å². The van der Waals surface area contributed by atoms with E-state index in [4.69, 9.17) is 9.52 Å². The zero-order chi connectivity index (χ0) is 12.4. The first-order valence-corrected chi connectivity index (χ1v) is 6.47. The average Bonchev–Trinajstić information content (AvgIpc) is 2.78. The first-order valence-electron chi connectivity index (χ1n) is 5.31. The number of nitrogens with zero attached hydrogens (tertiary/aromatic N) is 1. The van der Waals surface area contributed by atoms with Crippen LogP contribution >= 0.6 is 11.8 Å². The number of furan rings is 1. The van der Waals surface area contributed by atoms with Gasteiger partial charge in [-0.3, -0.25) is 4.79 Å². The molecule has 17 heavy (non-hydrogen) atoms. The minimum absolute atomic E-state index is 0.0983. The molecule has 92 valence electrons. The second-order valence-electron chi connectivity index (χ2n) is 3.89. The molecular weight excluding hydrogens is 242 g/mol. The number of hydrogen-bond acceptors (Lipinski definition) is 4. The Hall–Kier alpha value is -1.43. The van der Waals surface area contributed by atoms with Crippen LogP contribution in [0.2, 0.25) is 0 Å². The molecule has 2 rings (SSSR count). The van der Waals surface area contributed by atoms with Gasteiger partial charge in [0.05, 0.1) is 0 Å². The van der Waals surface area contributed by atoms with E-state index >= 15 is 0 Å². The number of thioether (sulfide) groups is 1. The van der Waals surface area contributed by atoms with E-state index < -0.39 is 5.97 Å². The van der Waals surface area contributed by atoms with Crippen LogP contribution in [0, 0.1) is 0 Å². The summed E-state index contributed by atoms with van der Waals surface area (Å²) in [6.07, 6.45) is 0. The Balaban J connectivity index is 2.15. The van der Waals surface area contributed by atoms with E-state index in [2.05, 4.69) is 0 Å². The van der Waals surface area contributed by atoms with Crippen molar-refractivity contribution in [2.24, 2.45) is 0 Å². The van der Waals surface area contributed by atoms with Crippen LogP contribution in [0.1, 0.15) is 28.0 Å². The van der Waals surface area contributed by atoms with Crippen LogP contribution in [0.4, 0.5) is 0 Å². The van der Waals surface area contributed by atoms with Gasteiger partial charge in [0.15, 0.2) is 5.76 Å². The summed E-state index contributed by atoms with van der Waals surface area (Å²) in [6, 6.07) is 2.87. The summed E-state index contributed by atoms with van der Waals surface area (Å²) in [6.45, 7) is 2.65. The van der Waals surface area contributed by atoms with Gasteiger partial charge in [0.2, 0.25) is 5.76 Å². The molecular formula is C11H13NO4S. The Labute approximate surface area is 103 Å². The van der Waals surface area contributed by atoms with E-state index in [0.717, 1.165) is 11.5 Å². The summed E-state index contributed by atoms with van der Waals surface area (Å²) in [7, 11) is 0. The van der Waals surface area contributed by atoms with Gasteiger partial charge in [-0.05, 0) is 19.1 Å². The quantitative estimate of drug-likeness (QED) is 0.868. The maximum Gasteiger partial charge on any atom is 0.371 e. The SMILES string of the molecule is CC1CSCCN1C(=O)c1ccc(C(=O)O)o1. The molecule has 0 saturated carbocycles. The highest BCUT2D eigenvalue weighted by Crippen LogP contribution is 2.19. The van der Waals surface area contributed by atoms with Crippen molar-refractivity contribution in [2.75, 3.05) is 18.1 Å². The summed E-state index contributed by atoms with van der Waals surface area (Å²) in [5, 5.41) is 8.72. The Kier molecular flexibility index (Phi) is 3.42. The average molecular weight is 255 g/mol. The molecule has 1 N–H and O–H groups in total. The Morgan fingerprint density at radius 1 is 1.47 bits per heavy atom. The number of rotatable bonds is 2. The van der Waals surface area contributed by atoms with Crippen LogP contribution in [0.15, 0.2) is 16.5 Å². The van der Waals surface area contributed by atoms with Crippen LogP contribution in [-0.4, -0.2) is 46.0 Å². The molecule has 1 amide bonds. The Bertz CT molecular complexity index is 442. The molecule has 0 aliphatic carbocycles. The lowest BCUT2D eigenvalue weighted by Gasteiger charge is -2.32. The Morgan fingerprint density at radius 3 is 2.76 bits per heavy atom. The first kappa shape index (κ1) is 12.0. The largest absolute Gasteiger partial charge is 0.475 e. The topological polar surface area (TPSA) is 70.8 Å². The highest BCUT2D eigenvalue weighted by Gasteiger charge is 2.27. The van der Waals surface area contributed by atoms with Crippen molar-refractivity contribution in [3.05, 3.63) is 23.7 Å². The molecule has 6 heteroatoms. The lowest BCUT2D eigenvalue weighted by atomic mass is 10.2. The summed E-state index contributed by atoms with van der Waals surface area (Å²) in [5.41, 5.74) is 0. The van der Waals surface area contributed by atoms with E-state index in [0.29, 0.717) is 6.54 Å². The van der Waals surface area contributed by atoms with Crippen molar-refractivity contribution in [1.82, 2.24) is 4.90 Å². The third-order valence-electron chi connectivity index (χ3n) is 2.66. The standard InChI is InChI=1S/C11H13NO4S/c1-7-6-17-5-4-12(7)10(13)8-2-3-9(16-8)11(14)15/h2-3,7H,4-6H2,1H3,(H,14,15). The number of hydrogen-bond donors (Lipinski definition) is 1.